The van der Waals surface area contributed by atoms with Gasteiger partial charge in [0.2, 0.25) is 0 Å². The third-order valence-electron chi connectivity index (χ3n) is 4.98. The van der Waals surface area contributed by atoms with E-state index in [4.69, 9.17) is 10.2 Å². The van der Waals surface area contributed by atoms with Crippen LogP contribution in [0.5, 0.6) is 17.2 Å². The van der Waals surface area contributed by atoms with Crippen LogP contribution in [0.3, 0.4) is 0 Å². The molecule has 158 valence electrons. The van der Waals surface area contributed by atoms with Crippen LogP contribution in [0.2, 0.25) is 0 Å². The Bertz CT molecular complexity index is 1050. The molecular formula is C27H26O3S. The molecule has 4 rings (SSSR count). The van der Waals surface area contributed by atoms with Gasteiger partial charge in [-0.25, -0.2) is 0 Å². The van der Waals surface area contributed by atoms with Crippen molar-refractivity contribution in [3.8, 4) is 17.2 Å². The van der Waals surface area contributed by atoms with Crippen LogP contribution in [0.4, 0.5) is 0 Å². The molecule has 31 heavy (non-hydrogen) atoms. The molecule has 0 unspecified atom stereocenters. The van der Waals surface area contributed by atoms with Gasteiger partial charge in [0.15, 0.2) is 0 Å². The molecule has 4 heteroatoms. The van der Waals surface area contributed by atoms with E-state index < -0.39 is 0 Å². The molecule has 0 fully saturated rings. The van der Waals surface area contributed by atoms with Crippen molar-refractivity contribution >= 4 is 11.8 Å². The predicted octanol–water partition coefficient (Wildman–Crippen LogP) is 6.97. The highest BCUT2D eigenvalue weighted by molar-refractivity contribution is 7.99. The summed E-state index contributed by atoms with van der Waals surface area (Å²) in [5.41, 5.74) is 1.99. The fourth-order valence-corrected chi connectivity index (χ4v) is 3.99. The van der Waals surface area contributed by atoms with E-state index in [1.807, 2.05) is 60.7 Å². The molecule has 0 aliphatic heterocycles. The quantitative estimate of drug-likeness (QED) is 0.327. The Labute approximate surface area is 187 Å². The Balaban J connectivity index is 0.000000176. The van der Waals surface area contributed by atoms with Crippen molar-refractivity contribution in [3.63, 3.8) is 0 Å². The number of aromatic hydroxyl groups is 3. The van der Waals surface area contributed by atoms with Crippen LogP contribution in [0.25, 0.3) is 0 Å². The van der Waals surface area contributed by atoms with Crippen molar-refractivity contribution in [2.45, 2.75) is 29.1 Å². The maximum absolute atomic E-state index is 9.91. The number of hydrogen-bond donors (Lipinski definition) is 3. The van der Waals surface area contributed by atoms with E-state index in [0.717, 1.165) is 15.4 Å². The zero-order valence-electron chi connectivity index (χ0n) is 17.6. The molecule has 0 aliphatic carbocycles. The number of rotatable bonds is 4. The highest BCUT2D eigenvalue weighted by Gasteiger charge is 2.25. The average Bonchev–Trinajstić information content (AvgIpc) is 2.78. The lowest BCUT2D eigenvalue weighted by Gasteiger charge is -2.26. The molecule has 0 bridgehead atoms. The molecule has 0 radical (unpaired) electrons. The zero-order valence-corrected chi connectivity index (χ0v) is 18.4. The third-order valence-corrected chi connectivity index (χ3v) is 6.00. The Morgan fingerprint density at radius 1 is 0.548 bits per heavy atom. The largest absolute Gasteiger partial charge is 0.508 e. The zero-order chi connectivity index (χ0) is 22.3. The first-order valence-electron chi connectivity index (χ1n) is 9.96. The summed E-state index contributed by atoms with van der Waals surface area (Å²) < 4.78 is 0. The van der Waals surface area contributed by atoms with E-state index in [1.165, 1.54) is 5.56 Å². The van der Waals surface area contributed by atoms with Crippen LogP contribution in [0.15, 0.2) is 113 Å². The summed E-state index contributed by atoms with van der Waals surface area (Å²) in [6.07, 6.45) is 0. The van der Waals surface area contributed by atoms with Gasteiger partial charge in [0, 0.05) is 20.8 Å². The van der Waals surface area contributed by atoms with Crippen LogP contribution in [-0.4, -0.2) is 15.3 Å². The molecule has 4 aromatic carbocycles. The molecule has 4 aromatic rings. The maximum Gasteiger partial charge on any atom is 0.119 e. The Morgan fingerprint density at radius 2 is 1.00 bits per heavy atom. The Kier molecular flexibility index (Phi) is 7.27. The highest BCUT2D eigenvalue weighted by atomic mass is 32.2. The van der Waals surface area contributed by atoms with Crippen molar-refractivity contribution in [3.05, 3.63) is 114 Å². The lowest BCUT2D eigenvalue weighted by atomic mass is 9.78. The van der Waals surface area contributed by atoms with Crippen LogP contribution >= 0.6 is 11.8 Å². The van der Waals surface area contributed by atoms with E-state index in [9.17, 15) is 5.11 Å². The van der Waals surface area contributed by atoms with Gasteiger partial charge in [-0.3, -0.25) is 0 Å². The number of para-hydroxylation sites is 1. The second kappa shape index (κ2) is 10.1. The minimum absolute atomic E-state index is 0.174. The SMILES string of the molecule is CC(C)(c1ccccc1)c1ccccc1O.Oc1ccc(Sc2ccc(O)cc2)cc1. The first kappa shape index (κ1) is 22.3. The third kappa shape index (κ3) is 6.06. The summed E-state index contributed by atoms with van der Waals surface area (Å²) in [4.78, 5) is 2.11. The smallest absolute Gasteiger partial charge is 0.119 e. The van der Waals surface area contributed by atoms with Gasteiger partial charge in [0.1, 0.15) is 17.2 Å². The number of hydrogen-bond acceptors (Lipinski definition) is 4. The monoisotopic (exact) mass is 430 g/mol. The van der Waals surface area contributed by atoms with Crippen molar-refractivity contribution in [2.75, 3.05) is 0 Å². The average molecular weight is 431 g/mol. The number of phenols is 3. The Hall–Kier alpha value is -3.37. The van der Waals surface area contributed by atoms with Crippen molar-refractivity contribution in [1.82, 2.24) is 0 Å². The summed E-state index contributed by atoms with van der Waals surface area (Å²) in [5, 5.41) is 28.1. The minimum Gasteiger partial charge on any atom is -0.508 e. The van der Waals surface area contributed by atoms with Crippen LogP contribution < -0.4 is 0 Å². The molecule has 3 nitrogen and oxygen atoms in total. The van der Waals surface area contributed by atoms with E-state index in [2.05, 4.69) is 26.0 Å². The summed E-state index contributed by atoms with van der Waals surface area (Å²) in [6, 6.07) is 31.8. The minimum atomic E-state index is -0.174. The van der Waals surface area contributed by atoms with Gasteiger partial charge >= 0.3 is 0 Å². The fourth-order valence-electron chi connectivity index (χ4n) is 3.18. The van der Waals surface area contributed by atoms with Crippen molar-refractivity contribution in [2.24, 2.45) is 0 Å². The molecule has 0 spiro atoms. The lowest BCUT2D eigenvalue weighted by Crippen LogP contribution is -2.18. The van der Waals surface area contributed by atoms with Gasteiger partial charge in [-0.2, -0.15) is 0 Å². The summed E-state index contributed by atoms with van der Waals surface area (Å²) in [7, 11) is 0. The normalized spacial score (nSPS) is 10.8. The first-order valence-corrected chi connectivity index (χ1v) is 10.8. The van der Waals surface area contributed by atoms with Gasteiger partial charge in [-0.05, 0) is 60.2 Å². The first-order chi connectivity index (χ1) is 14.9. The predicted molar refractivity (Wildman–Crippen MR) is 127 cm³/mol. The fraction of sp³-hybridized carbons (Fsp3) is 0.111. The van der Waals surface area contributed by atoms with E-state index >= 15 is 0 Å². The standard InChI is InChI=1S/C15H16O.C12H10O2S/c1-15(2,12-8-4-3-5-9-12)13-10-6-7-11-14(13)16;13-9-1-5-11(6-2-9)15-12-7-3-10(14)4-8-12/h3-11,16H,1-2H3;1-8,13-14H. The molecule has 0 amide bonds. The van der Waals surface area contributed by atoms with Gasteiger partial charge in [0.05, 0.1) is 0 Å². The number of phenolic OH excluding ortho intramolecular Hbond substituents is 3. The number of benzene rings is 4. The van der Waals surface area contributed by atoms with Crippen molar-refractivity contribution in [1.29, 1.82) is 0 Å². The topological polar surface area (TPSA) is 60.7 Å². The van der Waals surface area contributed by atoms with Crippen molar-refractivity contribution < 1.29 is 15.3 Å². The van der Waals surface area contributed by atoms with Gasteiger partial charge in [-0.1, -0.05) is 74.1 Å². The molecule has 0 atom stereocenters. The second-order valence-corrected chi connectivity index (χ2v) is 8.74. The van der Waals surface area contributed by atoms with E-state index in [0.29, 0.717) is 5.75 Å². The molecule has 0 aliphatic rings. The molecule has 0 saturated carbocycles. The summed E-state index contributed by atoms with van der Waals surface area (Å²) in [5.74, 6) is 0.895. The van der Waals surface area contributed by atoms with Crippen LogP contribution in [-0.2, 0) is 5.41 Å². The molecule has 0 aromatic heterocycles. The maximum atomic E-state index is 9.91. The highest BCUT2D eigenvalue weighted by Crippen LogP contribution is 2.36. The van der Waals surface area contributed by atoms with Gasteiger partial charge in [-0.15, -0.1) is 0 Å². The summed E-state index contributed by atoms with van der Waals surface area (Å²) >= 11 is 1.58. The van der Waals surface area contributed by atoms with Gasteiger partial charge in [0.25, 0.3) is 0 Å². The summed E-state index contributed by atoms with van der Waals surface area (Å²) in [6.45, 7) is 4.24. The van der Waals surface area contributed by atoms with Gasteiger partial charge < -0.3 is 15.3 Å². The second-order valence-electron chi connectivity index (χ2n) is 7.60. The van der Waals surface area contributed by atoms with E-state index in [1.54, 1.807) is 42.1 Å². The molecule has 3 N–H and O–H groups in total. The molecular weight excluding hydrogens is 404 g/mol. The lowest BCUT2D eigenvalue weighted by molar-refractivity contribution is 0.453. The Morgan fingerprint density at radius 3 is 1.48 bits per heavy atom. The molecule has 0 saturated heterocycles. The molecule has 0 heterocycles. The van der Waals surface area contributed by atoms with E-state index in [-0.39, 0.29) is 16.9 Å². The van der Waals surface area contributed by atoms with Crippen LogP contribution in [0, 0.1) is 0 Å². The van der Waals surface area contributed by atoms with Crippen LogP contribution in [0.1, 0.15) is 25.0 Å².